The molecule has 23 heavy (non-hydrogen) atoms. The standard InChI is InChI=1S/C17H31N5S/c1-13-6-8-22(9-7-13)14(2)10-19-17(18-4)21(5)11-16-12-23-15(3)20-16/h12-14H,6-11H2,1-5H3,(H,18,19). The Morgan fingerprint density at radius 2 is 2.22 bits per heavy atom. The van der Waals surface area contributed by atoms with Crippen molar-refractivity contribution < 1.29 is 0 Å². The molecule has 1 N–H and O–H groups in total. The normalized spacial score (nSPS) is 18.9. The number of aliphatic imine (C=N–C) groups is 1. The molecule has 1 aromatic heterocycles. The fraction of sp³-hybridized carbons (Fsp3) is 0.765. The highest BCUT2D eigenvalue weighted by molar-refractivity contribution is 7.09. The first kappa shape index (κ1) is 18.2. The topological polar surface area (TPSA) is 43.8 Å². The molecule has 6 heteroatoms. The molecule has 1 aliphatic heterocycles. The third-order valence-electron chi connectivity index (χ3n) is 4.64. The van der Waals surface area contributed by atoms with Gasteiger partial charge in [0.2, 0.25) is 0 Å². The van der Waals surface area contributed by atoms with Gasteiger partial charge in [0.05, 0.1) is 17.2 Å². The van der Waals surface area contributed by atoms with Gasteiger partial charge >= 0.3 is 0 Å². The number of aromatic nitrogens is 1. The van der Waals surface area contributed by atoms with E-state index in [1.807, 2.05) is 14.0 Å². The first-order valence-corrected chi connectivity index (χ1v) is 9.44. The van der Waals surface area contributed by atoms with Crippen molar-refractivity contribution in [3.63, 3.8) is 0 Å². The highest BCUT2D eigenvalue weighted by atomic mass is 32.1. The largest absolute Gasteiger partial charge is 0.355 e. The third-order valence-corrected chi connectivity index (χ3v) is 5.46. The first-order valence-electron chi connectivity index (χ1n) is 8.56. The molecule has 0 aromatic carbocycles. The minimum Gasteiger partial charge on any atom is -0.355 e. The number of hydrogen-bond acceptors (Lipinski definition) is 4. The number of likely N-dealkylation sites (tertiary alicyclic amines) is 1. The summed E-state index contributed by atoms with van der Waals surface area (Å²) in [5.41, 5.74) is 1.11. The van der Waals surface area contributed by atoms with E-state index in [0.717, 1.165) is 35.7 Å². The van der Waals surface area contributed by atoms with Gasteiger partial charge in [-0.15, -0.1) is 11.3 Å². The molecule has 0 saturated carbocycles. The van der Waals surface area contributed by atoms with E-state index in [1.54, 1.807) is 11.3 Å². The zero-order valence-corrected chi connectivity index (χ0v) is 16.0. The van der Waals surface area contributed by atoms with Crippen LogP contribution in [0.2, 0.25) is 0 Å². The molecule has 0 bridgehead atoms. The average Bonchev–Trinajstić information content (AvgIpc) is 2.93. The van der Waals surface area contributed by atoms with Crippen LogP contribution in [0.15, 0.2) is 10.4 Å². The van der Waals surface area contributed by atoms with Crippen LogP contribution in [0.5, 0.6) is 0 Å². The van der Waals surface area contributed by atoms with E-state index in [0.29, 0.717) is 6.04 Å². The van der Waals surface area contributed by atoms with Gasteiger partial charge in [-0.25, -0.2) is 4.98 Å². The van der Waals surface area contributed by atoms with Gasteiger partial charge in [0, 0.05) is 32.1 Å². The van der Waals surface area contributed by atoms with Crippen molar-refractivity contribution in [1.29, 1.82) is 0 Å². The van der Waals surface area contributed by atoms with Crippen molar-refractivity contribution in [2.45, 2.75) is 46.2 Å². The number of nitrogens with zero attached hydrogens (tertiary/aromatic N) is 4. The molecule has 1 aromatic rings. The van der Waals surface area contributed by atoms with Crippen molar-refractivity contribution >= 4 is 17.3 Å². The Hall–Kier alpha value is -1.14. The van der Waals surface area contributed by atoms with E-state index >= 15 is 0 Å². The first-order chi connectivity index (χ1) is 11.0. The Balaban J connectivity index is 1.79. The van der Waals surface area contributed by atoms with Gasteiger partial charge in [-0.3, -0.25) is 9.89 Å². The summed E-state index contributed by atoms with van der Waals surface area (Å²) < 4.78 is 0. The Morgan fingerprint density at radius 3 is 2.78 bits per heavy atom. The maximum atomic E-state index is 4.53. The highest BCUT2D eigenvalue weighted by Crippen LogP contribution is 2.17. The summed E-state index contributed by atoms with van der Waals surface area (Å²) in [5, 5.41) is 6.75. The van der Waals surface area contributed by atoms with E-state index in [9.17, 15) is 0 Å². The lowest BCUT2D eigenvalue weighted by molar-refractivity contribution is 0.147. The van der Waals surface area contributed by atoms with Gasteiger partial charge in [0.15, 0.2) is 5.96 Å². The lowest BCUT2D eigenvalue weighted by atomic mass is 9.98. The predicted octanol–water partition coefficient (Wildman–Crippen LogP) is 2.58. The number of nitrogens with one attached hydrogen (secondary N) is 1. The Morgan fingerprint density at radius 1 is 1.52 bits per heavy atom. The van der Waals surface area contributed by atoms with Gasteiger partial charge < -0.3 is 10.2 Å². The molecule has 5 nitrogen and oxygen atoms in total. The van der Waals surface area contributed by atoms with Crippen molar-refractivity contribution in [1.82, 2.24) is 20.1 Å². The molecule has 0 radical (unpaired) electrons. The second-order valence-electron chi connectivity index (χ2n) is 6.71. The number of piperidine rings is 1. The second-order valence-corrected chi connectivity index (χ2v) is 7.77. The summed E-state index contributed by atoms with van der Waals surface area (Å²) in [6, 6.07) is 0.536. The van der Waals surface area contributed by atoms with Gasteiger partial charge in [-0.1, -0.05) is 6.92 Å². The van der Waals surface area contributed by atoms with Crippen molar-refractivity contribution in [3.05, 3.63) is 16.1 Å². The molecule has 1 atom stereocenters. The minimum absolute atomic E-state index is 0.536. The predicted molar refractivity (Wildman–Crippen MR) is 99.1 cm³/mol. The van der Waals surface area contributed by atoms with Crippen molar-refractivity contribution in [3.8, 4) is 0 Å². The number of aryl methyl sites for hydroxylation is 1. The van der Waals surface area contributed by atoms with Crippen LogP contribution in [0.3, 0.4) is 0 Å². The minimum atomic E-state index is 0.536. The number of rotatable bonds is 5. The fourth-order valence-electron chi connectivity index (χ4n) is 3.02. The number of guanidine groups is 1. The average molecular weight is 338 g/mol. The zero-order valence-electron chi connectivity index (χ0n) is 15.2. The molecule has 2 rings (SSSR count). The van der Waals surface area contributed by atoms with Crippen molar-refractivity contribution in [2.75, 3.05) is 33.7 Å². The lowest BCUT2D eigenvalue weighted by Crippen LogP contribution is -2.48. The molecule has 2 heterocycles. The molecule has 130 valence electrons. The molecule has 1 fully saturated rings. The number of thiazole rings is 1. The molecule has 1 aliphatic rings. The van der Waals surface area contributed by atoms with Gasteiger partial charge in [-0.05, 0) is 45.7 Å². The van der Waals surface area contributed by atoms with E-state index in [2.05, 4.69) is 51.4 Å². The monoisotopic (exact) mass is 337 g/mol. The summed E-state index contributed by atoms with van der Waals surface area (Å²) in [6.45, 7) is 10.9. The van der Waals surface area contributed by atoms with E-state index in [4.69, 9.17) is 0 Å². The fourth-order valence-corrected chi connectivity index (χ4v) is 3.62. The lowest BCUT2D eigenvalue weighted by Gasteiger charge is -2.35. The third kappa shape index (κ3) is 5.46. The summed E-state index contributed by atoms with van der Waals surface area (Å²) in [4.78, 5) is 13.7. The van der Waals surface area contributed by atoms with Crippen LogP contribution in [0.25, 0.3) is 0 Å². The summed E-state index contributed by atoms with van der Waals surface area (Å²) in [5.74, 6) is 1.82. The molecular weight excluding hydrogens is 306 g/mol. The molecule has 0 amide bonds. The maximum absolute atomic E-state index is 4.53. The van der Waals surface area contributed by atoms with E-state index < -0.39 is 0 Å². The molecule has 0 spiro atoms. The molecule has 1 saturated heterocycles. The zero-order chi connectivity index (χ0) is 16.8. The van der Waals surface area contributed by atoms with Crippen LogP contribution in [-0.4, -0.2) is 60.5 Å². The molecule has 0 aliphatic carbocycles. The smallest absolute Gasteiger partial charge is 0.193 e. The highest BCUT2D eigenvalue weighted by Gasteiger charge is 2.20. The maximum Gasteiger partial charge on any atom is 0.193 e. The Bertz CT molecular complexity index is 505. The van der Waals surface area contributed by atoms with Crippen LogP contribution in [0, 0.1) is 12.8 Å². The van der Waals surface area contributed by atoms with Crippen molar-refractivity contribution in [2.24, 2.45) is 10.9 Å². The summed E-state index contributed by atoms with van der Waals surface area (Å²) in [7, 11) is 3.91. The molecular formula is C17H31N5S. The summed E-state index contributed by atoms with van der Waals surface area (Å²) >= 11 is 1.70. The summed E-state index contributed by atoms with van der Waals surface area (Å²) in [6.07, 6.45) is 2.64. The van der Waals surface area contributed by atoms with Gasteiger partial charge in [-0.2, -0.15) is 0 Å². The van der Waals surface area contributed by atoms with Crippen LogP contribution in [-0.2, 0) is 6.54 Å². The van der Waals surface area contributed by atoms with Crippen LogP contribution >= 0.6 is 11.3 Å². The Labute approximate surface area is 144 Å². The van der Waals surface area contributed by atoms with E-state index in [-0.39, 0.29) is 0 Å². The number of hydrogen-bond donors (Lipinski definition) is 1. The Kier molecular flexibility index (Phi) is 6.84. The van der Waals surface area contributed by atoms with Crippen LogP contribution < -0.4 is 5.32 Å². The van der Waals surface area contributed by atoms with Crippen LogP contribution in [0.1, 0.15) is 37.4 Å². The van der Waals surface area contributed by atoms with Gasteiger partial charge in [0.25, 0.3) is 0 Å². The second kappa shape index (κ2) is 8.64. The SMILES string of the molecule is CN=C(NCC(C)N1CCC(C)CC1)N(C)Cc1csc(C)n1. The molecule has 1 unspecified atom stereocenters. The van der Waals surface area contributed by atoms with Crippen LogP contribution in [0.4, 0.5) is 0 Å². The van der Waals surface area contributed by atoms with E-state index in [1.165, 1.54) is 25.9 Å². The quantitative estimate of drug-likeness (QED) is 0.662. The van der Waals surface area contributed by atoms with Gasteiger partial charge in [0.1, 0.15) is 0 Å².